The molecule has 0 fully saturated rings. The van der Waals surface area contributed by atoms with Crippen molar-refractivity contribution in [3.05, 3.63) is 41.3 Å². The number of aromatic amines is 1. The lowest BCUT2D eigenvalue weighted by atomic mass is 10.1. The molecule has 6 heteroatoms. The number of hydrogen-bond donors (Lipinski definition) is 1. The largest absolute Gasteiger partial charge is 0.435 e. The molecule has 0 unspecified atom stereocenters. The van der Waals surface area contributed by atoms with Crippen LogP contribution < -0.4 is 4.74 Å². The van der Waals surface area contributed by atoms with Gasteiger partial charge in [0.15, 0.2) is 4.77 Å². The number of benzene rings is 1. The van der Waals surface area contributed by atoms with Crippen LogP contribution in [0.25, 0.3) is 11.3 Å². The van der Waals surface area contributed by atoms with Crippen LogP contribution in [0, 0.1) is 4.77 Å². The van der Waals surface area contributed by atoms with Crippen LogP contribution in [0.15, 0.2) is 36.5 Å². The molecule has 0 amide bonds. The highest BCUT2D eigenvalue weighted by atomic mass is 32.1. The molecule has 1 aromatic carbocycles. The van der Waals surface area contributed by atoms with Crippen LogP contribution in [-0.4, -0.2) is 16.6 Å². The molecular weight excluding hydrogens is 246 g/mol. The summed E-state index contributed by atoms with van der Waals surface area (Å²) in [5.41, 5.74) is 1.59. The number of nitrogens with zero attached hydrogens (tertiary/aromatic N) is 1. The molecule has 0 radical (unpaired) electrons. The molecule has 17 heavy (non-hydrogen) atoms. The lowest BCUT2D eigenvalue weighted by Crippen LogP contribution is -2.01. The minimum Gasteiger partial charge on any atom is -0.435 e. The van der Waals surface area contributed by atoms with E-state index in [1.807, 2.05) is 0 Å². The van der Waals surface area contributed by atoms with Crippen molar-refractivity contribution in [3.8, 4) is 17.0 Å². The molecular formula is C11H8F2N2OS. The third kappa shape index (κ3) is 3.07. The highest BCUT2D eigenvalue weighted by molar-refractivity contribution is 7.71. The van der Waals surface area contributed by atoms with Crippen LogP contribution in [0.1, 0.15) is 0 Å². The van der Waals surface area contributed by atoms with E-state index >= 15 is 0 Å². The van der Waals surface area contributed by atoms with Gasteiger partial charge in [-0.1, -0.05) is 0 Å². The normalized spacial score (nSPS) is 10.5. The Balaban J connectivity index is 2.26. The highest BCUT2D eigenvalue weighted by Crippen LogP contribution is 2.21. The second-order valence-electron chi connectivity index (χ2n) is 3.19. The van der Waals surface area contributed by atoms with Crippen LogP contribution in [0.5, 0.6) is 5.75 Å². The molecule has 3 nitrogen and oxygen atoms in total. The maximum absolute atomic E-state index is 11.9. The van der Waals surface area contributed by atoms with Crippen molar-refractivity contribution in [1.29, 1.82) is 0 Å². The number of rotatable bonds is 3. The van der Waals surface area contributed by atoms with E-state index in [4.69, 9.17) is 12.2 Å². The van der Waals surface area contributed by atoms with E-state index in [0.717, 1.165) is 11.3 Å². The molecule has 2 aromatic rings. The topological polar surface area (TPSA) is 37.9 Å². The summed E-state index contributed by atoms with van der Waals surface area (Å²) in [6.07, 6.45) is 1.58. The van der Waals surface area contributed by atoms with Gasteiger partial charge in [-0.3, -0.25) is 0 Å². The molecule has 0 saturated carbocycles. The number of H-pyrrole nitrogens is 1. The molecule has 88 valence electrons. The monoisotopic (exact) mass is 254 g/mol. The summed E-state index contributed by atoms with van der Waals surface area (Å²) >= 11 is 4.89. The fourth-order valence-electron chi connectivity index (χ4n) is 1.35. The molecule has 1 heterocycles. The Kier molecular flexibility index (Phi) is 3.43. The number of hydrogen-bond acceptors (Lipinski definition) is 3. The predicted octanol–water partition coefficient (Wildman–Crippen LogP) is 3.41. The van der Waals surface area contributed by atoms with Crippen LogP contribution >= 0.6 is 12.2 Å². The van der Waals surface area contributed by atoms with E-state index in [0.29, 0.717) is 4.77 Å². The molecule has 0 atom stereocenters. The average Bonchev–Trinajstić information content (AvgIpc) is 2.29. The van der Waals surface area contributed by atoms with Gasteiger partial charge in [-0.2, -0.15) is 8.78 Å². The Hall–Kier alpha value is -1.82. The number of aromatic nitrogens is 2. The summed E-state index contributed by atoms with van der Waals surface area (Å²) in [5.74, 6) is 0.122. The molecule has 0 spiro atoms. The van der Waals surface area contributed by atoms with Crippen molar-refractivity contribution in [1.82, 2.24) is 9.97 Å². The zero-order chi connectivity index (χ0) is 12.3. The summed E-state index contributed by atoms with van der Waals surface area (Å²) < 4.78 is 28.5. The number of halogens is 2. The molecule has 0 saturated heterocycles. The van der Waals surface area contributed by atoms with Gasteiger partial charge in [-0.15, -0.1) is 0 Å². The predicted molar refractivity (Wildman–Crippen MR) is 61.5 cm³/mol. The zero-order valence-corrected chi connectivity index (χ0v) is 9.38. The van der Waals surface area contributed by atoms with Gasteiger partial charge in [0.2, 0.25) is 0 Å². The molecule has 1 N–H and O–H groups in total. The number of nitrogens with one attached hydrogen (secondary N) is 1. The van der Waals surface area contributed by atoms with Gasteiger partial charge in [0.25, 0.3) is 0 Å². The SMILES string of the molecule is FC(F)Oc1ccc(-c2ccnc(=S)[nH]2)cc1. The molecule has 2 rings (SSSR count). The average molecular weight is 254 g/mol. The zero-order valence-electron chi connectivity index (χ0n) is 8.56. The lowest BCUT2D eigenvalue weighted by Gasteiger charge is -2.05. The Morgan fingerprint density at radius 1 is 1.18 bits per heavy atom. The smallest absolute Gasteiger partial charge is 0.387 e. The summed E-state index contributed by atoms with van der Waals surface area (Å²) in [7, 11) is 0. The van der Waals surface area contributed by atoms with Crippen LogP contribution in [0.2, 0.25) is 0 Å². The van der Waals surface area contributed by atoms with Crippen molar-refractivity contribution in [3.63, 3.8) is 0 Å². The first-order valence-electron chi connectivity index (χ1n) is 4.76. The van der Waals surface area contributed by atoms with E-state index in [2.05, 4.69) is 14.7 Å². The van der Waals surface area contributed by atoms with E-state index in [1.54, 1.807) is 24.4 Å². The number of alkyl halides is 2. The van der Waals surface area contributed by atoms with E-state index < -0.39 is 6.61 Å². The van der Waals surface area contributed by atoms with Gasteiger partial charge in [-0.25, -0.2) is 4.98 Å². The fourth-order valence-corrected chi connectivity index (χ4v) is 1.52. The second kappa shape index (κ2) is 5.01. The maximum Gasteiger partial charge on any atom is 0.387 e. The Labute approximate surface area is 101 Å². The third-order valence-electron chi connectivity index (χ3n) is 2.07. The van der Waals surface area contributed by atoms with Crippen molar-refractivity contribution in [2.45, 2.75) is 6.61 Å². The van der Waals surface area contributed by atoms with Gasteiger partial charge in [0, 0.05) is 11.9 Å². The Bertz CT molecular complexity index is 554. The van der Waals surface area contributed by atoms with Gasteiger partial charge < -0.3 is 9.72 Å². The minimum atomic E-state index is -2.81. The third-order valence-corrected chi connectivity index (χ3v) is 2.27. The Morgan fingerprint density at radius 3 is 2.47 bits per heavy atom. The lowest BCUT2D eigenvalue weighted by molar-refractivity contribution is -0.0498. The van der Waals surface area contributed by atoms with E-state index in [-0.39, 0.29) is 5.75 Å². The van der Waals surface area contributed by atoms with E-state index in [1.165, 1.54) is 12.1 Å². The molecule has 0 aliphatic rings. The van der Waals surface area contributed by atoms with Gasteiger partial charge in [0.05, 0.1) is 0 Å². The first kappa shape index (κ1) is 11.7. The minimum absolute atomic E-state index is 0.122. The first-order chi connectivity index (χ1) is 8.15. The summed E-state index contributed by atoms with van der Waals surface area (Å²) in [5, 5.41) is 0. The highest BCUT2D eigenvalue weighted by Gasteiger charge is 2.04. The van der Waals surface area contributed by atoms with Gasteiger partial charge in [-0.05, 0) is 48.1 Å². The summed E-state index contributed by atoms with van der Waals surface area (Å²) in [6, 6.07) is 8.02. The molecule has 0 aliphatic heterocycles. The van der Waals surface area contributed by atoms with Crippen molar-refractivity contribution in [2.75, 3.05) is 0 Å². The Morgan fingerprint density at radius 2 is 1.88 bits per heavy atom. The van der Waals surface area contributed by atoms with Crippen LogP contribution in [0.3, 0.4) is 0 Å². The van der Waals surface area contributed by atoms with Crippen LogP contribution in [0.4, 0.5) is 8.78 Å². The molecule has 0 bridgehead atoms. The van der Waals surface area contributed by atoms with Crippen LogP contribution in [-0.2, 0) is 0 Å². The molecule has 1 aromatic heterocycles. The van der Waals surface area contributed by atoms with Crippen molar-refractivity contribution < 1.29 is 13.5 Å². The first-order valence-corrected chi connectivity index (χ1v) is 5.16. The number of ether oxygens (including phenoxy) is 1. The maximum atomic E-state index is 11.9. The van der Waals surface area contributed by atoms with Gasteiger partial charge >= 0.3 is 6.61 Å². The standard InChI is InChI=1S/C11H8F2N2OS/c12-10(13)16-8-3-1-7(2-4-8)9-5-6-14-11(17)15-9/h1-6,10H,(H,14,15,17). The van der Waals surface area contributed by atoms with Crippen molar-refractivity contribution in [2.24, 2.45) is 0 Å². The van der Waals surface area contributed by atoms with Crippen molar-refractivity contribution >= 4 is 12.2 Å². The van der Waals surface area contributed by atoms with Gasteiger partial charge in [0.1, 0.15) is 5.75 Å². The fraction of sp³-hybridized carbons (Fsp3) is 0.0909. The van der Waals surface area contributed by atoms with E-state index in [9.17, 15) is 8.78 Å². The quantitative estimate of drug-likeness (QED) is 0.853. The summed E-state index contributed by atoms with van der Waals surface area (Å²) in [4.78, 5) is 6.76. The summed E-state index contributed by atoms with van der Waals surface area (Å²) in [6.45, 7) is -2.81. The second-order valence-corrected chi connectivity index (χ2v) is 3.58. The molecule has 0 aliphatic carbocycles.